The van der Waals surface area contributed by atoms with Crippen molar-refractivity contribution in [3.8, 4) is 34.4 Å². The van der Waals surface area contributed by atoms with Gasteiger partial charge in [-0.25, -0.2) is 9.97 Å². The standard InChI is InChI=1S/C22H20N6O2/c1-13-6-5-7-17(24-13)20-26-27-21(30-20)19-14(2)23-12-18(25-19)15-8-10-16(11-9-15)22(29)28(3)4/h5-12H,1-4H3. The van der Waals surface area contributed by atoms with Crippen LogP contribution in [0.3, 0.4) is 0 Å². The molecule has 3 heterocycles. The number of hydrogen-bond acceptors (Lipinski definition) is 7. The van der Waals surface area contributed by atoms with E-state index in [1.807, 2.05) is 44.2 Å². The van der Waals surface area contributed by atoms with E-state index in [1.165, 1.54) is 4.90 Å². The molecule has 1 aromatic carbocycles. The summed E-state index contributed by atoms with van der Waals surface area (Å²) in [6.07, 6.45) is 1.68. The van der Waals surface area contributed by atoms with Crippen LogP contribution in [-0.2, 0) is 0 Å². The van der Waals surface area contributed by atoms with Crippen LogP contribution in [0.2, 0.25) is 0 Å². The molecule has 0 aliphatic carbocycles. The van der Waals surface area contributed by atoms with Gasteiger partial charge < -0.3 is 9.32 Å². The molecule has 30 heavy (non-hydrogen) atoms. The lowest BCUT2D eigenvalue weighted by molar-refractivity contribution is 0.0827. The van der Waals surface area contributed by atoms with E-state index in [1.54, 1.807) is 32.4 Å². The van der Waals surface area contributed by atoms with E-state index in [-0.39, 0.29) is 11.8 Å². The van der Waals surface area contributed by atoms with Gasteiger partial charge in [0, 0.05) is 30.9 Å². The molecule has 0 spiro atoms. The van der Waals surface area contributed by atoms with Crippen LogP contribution in [0.15, 0.2) is 53.1 Å². The van der Waals surface area contributed by atoms with Crippen LogP contribution in [0, 0.1) is 13.8 Å². The maximum atomic E-state index is 12.1. The number of pyridine rings is 1. The summed E-state index contributed by atoms with van der Waals surface area (Å²) in [5, 5.41) is 8.24. The monoisotopic (exact) mass is 400 g/mol. The van der Waals surface area contributed by atoms with E-state index in [2.05, 4.69) is 25.1 Å². The third-order valence-electron chi connectivity index (χ3n) is 4.52. The van der Waals surface area contributed by atoms with E-state index in [4.69, 9.17) is 4.42 Å². The Balaban J connectivity index is 1.67. The Morgan fingerprint density at radius 1 is 0.900 bits per heavy atom. The molecular weight excluding hydrogens is 380 g/mol. The smallest absolute Gasteiger partial charge is 0.268 e. The summed E-state index contributed by atoms with van der Waals surface area (Å²) in [7, 11) is 3.44. The van der Waals surface area contributed by atoms with Gasteiger partial charge in [-0.1, -0.05) is 18.2 Å². The van der Waals surface area contributed by atoms with Crippen LogP contribution < -0.4 is 0 Å². The Hall–Kier alpha value is -3.94. The molecule has 0 aliphatic heterocycles. The van der Waals surface area contributed by atoms with Gasteiger partial charge in [0.15, 0.2) is 0 Å². The number of benzene rings is 1. The van der Waals surface area contributed by atoms with Crippen LogP contribution in [-0.4, -0.2) is 50.1 Å². The summed E-state index contributed by atoms with van der Waals surface area (Å²) in [6, 6.07) is 12.8. The molecule has 8 heteroatoms. The fourth-order valence-corrected chi connectivity index (χ4v) is 2.92. The van der Waals surface area contributed by atoms with Gasteiger partial charge in [0.1, 0.15) is 11.4 Å². The number of carbonyl (C=O) groups excluding carboxylic acids is 1. The SMILES string of the molecule is Cc1cccc(-c2nnc(-c3nc(-c4ccc(C(=O)N(C)C)cc4)cnc3C)o2)n1. The van der Waals surface area contributed by atoms with Gasteiger partial charge in [-0.05, 0) is 38.1 Å². The van der Waals surface area contributed by atoms with Crippen molar-refractivity contribution in [3.63, 3.8) is 0 Å². The zero-order valence-electron chi connectivity index (χ0n) is 17.1. The van der Waals surface area contributed by atoms with Crippen LogP contribution in [0.25, 0.3) is 34.4 Å². The summed E-state index contributed by atoms with van der Waals surface area (Å²) in [4.78, 5) is 27.1. The van der Waals surface area contributed by atoms with E-state index in [0.29, 0.717) is 34.2 Å². The third-order valence-corrected chi connectivity index (χ3v) is 4.52. The van der Waals surface area contributed by atoms with Gasteiger partial charge in [-0.2, -0.15) is 0 Å². The molecule has 0 fully saturated rings. The first kappa shape index (κ1) is 19.4. The lowest BCUT2D eigenvalue weighted by Gasteiger charge is -2.10. The Kier molecular flexibility index (Phi) is 5.05. The molecule has 0 radical (unpaired) electrons. The lowest BCUT2D eigenvalue weighted by atomic mass is 10.1. The predicted molar refractivity (Wildman–Crippen MR) is 111 cm³/mol. The van der Waals surface area contributed by atoms with E-state index in [0.717, 1.165) is 11.3 Å². The second-order valence-corrected chi connectivity index (χ2v) is 7.04. The third kappa shape index (κ3) is 3.80. The van der Waals surface area contributed by atoms with Gasteiger partial charge in [-0.15, -0.1) is 10.2 Å². The van der Waals surface area contributed by atoms with Gasteiger partial charge in [0.05, 0.1) is 17.6 Å². The molecule has 0 N–H and O–H groups in total. The van der Waals surface area contributed by atoms with E-state index >= 15 is 0 Å². The maximum absolute atomic E-state index is 12.1. The normalized spacial score (nSPS) is 10.8. The largest absolute Gasteiger partial charge is 0.413 e. The zero-order chi connectivity index (χ0) is 21.3. The molecular formula is C22H20N6O2. The molecule has 0 saturated heterocycles. The van der Waals surface area contributed by atoms with Crippen molar-refractivity contribution in [2.75, 3.05) is 14.1 Å². The first-order valence-corrected chi connectivity index (χ1v) is 9.36. The molecule has 4 aromatic rings. The second-order valence-electron chi connectivity index (χ2n) is 7.04. The number of carbonyl (C=O) groups is 1. The summed E-state index contributed by atoms with van der Waals surface area (Å²) in [6.45, 7) is 3.73. The number of amides is 1. The molecule has 0 aliphatic rings. The predicted octanol–water partition coefficient (Wildman–Crippen LogP) is 3.57. The number of hydrogen-bond donors (Lipinski definition) is 0. The average molecular weight is 400 g/mol. The van der Waals surface area contributed by atoms with Crippen LogP contribution in [0.1, 0.15) is 21.7 Å². The summed E-state index contributed by atoms with van der Waals surface area (Å²) in [5.41, 5.74) is 4.74. The topological polar surface area (TPSA) is 97.9 Å². The minimum absolute atomic E-state index is 0.0552. The molecule has 3 aromatic heterocycles. The Labute approximate surface area is 173 Å². The van der Waals surface area contributed by atoms with Gasteiger partial charge in [-0.3, -0.25) is 9.78 Å². The van der Waals surface area contributed by atoms with E-state index < -0.39 is 0 Å². The Morgan fingerprint density at radius 2 is 1.63 bits per heavy atom. The highest BCUT2D eigenvalue weighted by Gasteiger charge is 2.17. The van der Waals surface area contributed by atoms with Gasteiger partial charge in [0.25, 0.3) is 17.7 Å². The summed E-state index contributed by atoms with van der Waals surface area (Å²) < 4.78 is 5.82. The first-order chi connectivity index (χ1) is 14.4. The van der Waals surface area contributed by atoms with Gasteiger partial charge in [0.2, 0.25) is 0 Å². The lowest BCUT2D eigenvalue weighted by Crippen LogP contribution is -2.21. The van der Waals surface area contributed by atoms with Gasteiger partial charge >= 0.3 is 0 Å². The van der Waals surface area contributed by atoms with Crippen LogP contribution in [0.4, 0.5) is 0 Å². The molecule has 8 nitrogen and oxygen atoms in total. The van der Waals surface area contributed by atoms with Crippen molar-refractivity contribution in [1.29, 1.82) is 0 Å². The molecule has 0 bridgehead atoms. The van der Waals surface area contributed by atoms with Crippen molar-refractivity contribution in [3.05, 3.63) is 65.6 Å². The van der Waals surface area contributed by atoms with Crippen molar-refractivity contribution >= 4 is 5.91 Å². The molecule has 4 rings (SSSR count). The minimum atomic E-state index is -0.0552. The molecule has 0 saturated carbocycles. The highest BCUT2D eigenvalue weighted by molar-refractivity contribution is 5.94. The first-order valence-electron chi connectivity index (χ1n) is 9.36. The van der Waals surface area contributed by atoms with E-state index in [9.17, 15) is 4.79 Å². The number of aryl methyl sites for hydroxylation is 2. The van der Waals surface area contributed by atoms with Crippen molar-refractivity contribution in [2.24, 2.45) is 0 Å². The number of aromatic nitrogens is 5. The van der Waals surface area contributed by atoms with Crippen LogP contribution in [0.5, 0.6) is 0 Å². The highest BCUT2D eigenvalue weighted by atomic mass is 16.4. The van der Waals surface area contributed by atoms with Crippen LogP contribution >= 0.6 is 0 Å². The zero-order valence-corrected chi connectivity index (χ0v) is 17.1. The summed E-state index contributed by atoms with van der Waals surface area (Å²) >= 11 is 0. The molecule has 150 valence electrons. The Morgan fingerprint density at radius 3 is 2.33 bits per heavy atom. The maximum Gasteiger partial charge on any atom is 0.268 e. The van der Waals surface area contributed by atoms with Crippen molar-refractivity contribution in [2.45, 2.75) is 13.8 Å². The highest BCUT2D eigenvalue weighted by Crippen LogP contribution is 2.26. The molecule has 0 atom stereocenters. The quantitative estimate of drug-likeness (QED) is 0.516. The number of rotatable bonds is 4. The second kappa shape index (κ2) is 7.82. The van der Waals surface area contributed by atoms with Crippen molar-refractivity contribution < 1.29 is 9.21 Å². The Bertz CT molecular complexity index is 1210. The minimum Gasteiger partial charge on any atom is -0.413 e. The average Bonchev–Trinajstić information content (AvgIpc) is 3.24. The molecule has 0 unspecified atom stereocenters. The van der Waals surface area contributed by atoms with Crippen molar-refractivity contribution in [1.82, 2.24) is 30.0 Å². The number of nitrogens with zero attached hydrogens (tertiary/aromatic N) is 6. The molecule has 1 amide bonds. The summed E-state index contributed by atoms with van der Waals surface area (Å²) in [5.74, 6) is 0.548. The fraction of sp³-hybridized carbons (Fsp3) is 0.182. The fourth-order valence-electron chi connectivity index (χ4n) is 2.92.